The predicted octanol–water partition coefficient (Wildman–Crippen LogP) is 2.80. The summed E-state index contributed by atoms with van der Waals surface area (Å²) in [5, 5.41) is 16.6. The van der Waals surface area contributed by atoms with Crippen LogP contribution >= 0.6 is 11.7 Å². The molecule has 4 rings (SSSR count). The van der Waals surface area contributed by atoms with Crippen LogP contribution in [0, 0.1) is 0 Å². The van der Waals surface area contributed by atoms with Crippen molar-refractivity contribution in [2.75, 3.05) is 11.9 Å². The number of hydrogen-bond acceptors (Lipinski definition) is 6. The van der Waals surface area contributed by atoms with Gasteiger partial charge < -0.3 is 10.4 Å². The van der Waals surface area contributed by atoms with E-state index in [9.17, 15) is 9.90 Å². The number of amides is 1. The molecule has 0 unspecified atom stereocenters. The number of hydrogen-bond donors (Lipinski definition) is 2. The number of nitrogens with one attached hydrogen (secondary N) is 1. The van der Waals surface area contributed by atoms with Crippen LogP contribution in [-0.4, -0.2) is 36.1 Å². The Balaban J connectivity index is 1.63. The summed E-state index contributed by atoms with van der Waals surface area (Å²) in [5.41, 5.74) is 3.62. The second-order valence-corrected chi connectivity index (χ2v) is 6.18. The SMILES string of the molecule is O=C(Nc1cc(-c2ccccc2)nn1CCO)c1ccc2nsnc2c1. The third kappa shape index (κ3) is 3.19. The molecule has 0 aliphatic rings. The summed E-state index contributed by atoms with van der Waals surface area (Å²) >= 11 is 1.11. The zero-order chi connectivity index (χ0) is 17.9. The number of carbonyl (C=O) groups excluding carboxylic acids is 1. The van der Waals surface area contributed by atoms with E-state index in [0.717, 1.165) is 28.5 Å². The van der Waals surface area contributed by atoms with Crippen LogP contribution in [0.2, 0.25) is 0 Å². The summed E-state index contributed by atoms with van der Waals surface area (Å²) in [6.45, 7) is 0.215. The predicted molar refractivity (Wildman–Crippen MR) is 100 cm³/mol. The molecule has 0 fully saturated rings. The van der Waals surface area contributed by atoms with E-state index in [1.54, 1.807) is 28.9 Å². The molecule has 1 amide bonds. The number of anilines is 1. The van der Waals surface area contributed by atoms with Crippen LogP contribution in [-0.2, 0) is 6.54 Å². The molecule has 2 aromatic carbocycles. The van der Waals surface area contributed by atoms with E-state index in [4.69, 9.17) is 0 Å². The molecule has 26 heavy (non-hydrogen) atoms. The first-order chi connectivity index (χ1) is 12.7. The van der Waals surface area contributed by atoms with Crippen molar-refractivity contribution < 1.29 is 9.90 Å². The van der Waals surface area contributed by atoms with Crippen molar-refractivity contribution in [1.82, 2.24) is 18.5 Å². The van der Waals surface area contributed by atoms with Crippen molar-refractivity contribution in [2.45, 2.75) is 6.54 Å². The first-order valence-corrected chi connectivity index (χ1v) is 8.75. The third-order valence-corrected chi connectivity index (χ3v) is 4.48. The highest BCUT2D eigenvalue weighted by molar-refractivity contribution is 7.00. The topological polar surface area (TPSA) is 92.9 Å². The fraction of sp³-hybridized carbons (Fsp3) is 0.111. The Labute approximate surface area is 153 Å². The first kappa shape index (κ1) is 16.4. The molecule has 4 aromatic rings. The molecule has 0 aliphatic carbocycles. The van der Waals surface area contributed by atoms with Gasteiger partial charge in [-0.05, 0) is 18.2 Å². The molecule has 7 nitrogen and oxygen atoms in total. The van der Waals surface area contributed by atoms with E-state index < -0.39 is 0 Å². The van der Waals surface area contributed by atoms with Crippen molar-refractivity contribution in [3.05, 3.63) is 60.2 Å². The van der Waals surface area contributed by atoms with Gasteiger partial charge in [-0.2, -0.15) is 13.8 Å². The lowest BCUT2D eigenvalue weighted by atomic mass is 10.1. The minimum absolute atomic E-state index is 0.0742. The Morgan fingerprint density at radius 3 is 2.69 bits per heavy atom. The summed E-state index contributed by atoms with van der Waals surface area (Å²) in [4.78, 5) is 12.6. The van der Waals surface area contributed by atoms with Gasteiger partial charge in [-0.15, -0.1) is 0 Å². The van der Waals surface area contributed by atoms with Crippen molar-refractivity contribution in [1.29, 1.82) is 0 Å². The maximum atomic E-state index is 12.6. The molecule has 0 aliphatic heterocycles. The Hall–Kier alpha value is -3.10. The number of benzene rings is 2. The second-order valence-electron chi connectivity index (χ2n) is 5.65. The maximum Gasteiger partial charge on any atom is 0.256 e. The highest BCUT2D eigenvalue weighted by atomic mass is 32.1. The van der Waals surface area contributed by atoms with E-state index in [1.807, 2.05) is 30.3 Å². The smallest absolute Gasteiger partial charge is 0.256 e. The minimum atomic E-state index is -0.265. The number of aromatic nitrogens is 4. The third-order valence-electron chi connectivity index (χ3n) is 3.92. The molecule has 2 heterocycles. The zero-order valence-electron chi connectivity index (χ0n) is 13.7. The van der Waals surface area contributed by atoms with Gasteiger partial charge in [0.05, 0.1) is 30.6 Å². The van der Waals surface area contributed by atoms with Crippen LogP contribution in [0.15, 0.2) is 54.6 Å². The van der Waals surface area contributed by atoms with Gasteiger partial charge in [0.25, 0.3) is 5.91 Å². The van der Waals surface area contributed by atoms with Gasteiger partial charge in [0.15, 0.2) is 0 Å². The van der Waals surface area contributed by atoms with Crippen LogP contribution in [0.1, 0.15) is 10.4 Å². The standard InChI is InChI=1S/C18H15N5O2S/c24-9-8-23-17(11-15(20-23)12-4-2-1-3-5-12)19-18(25)13-6-7-14-16(10-13)22-26-21-14/h1-7,10-11,24H,8-9H2,(H,19,25). The minimum Gasteiger partial charge on any atom is -0.394 e. The average molecular weight is 365 g/mol. The highest BCUT2D eigenvalue weighted by Crippen LogP contribution is 2.22. The first-order valence-electron chi connectivity index (χ1n) is 8.02. The molecule has 2 N–H and O–H groups in total. The quantitative estimate of drug-likeness (QED) is 0.567. The van der Waals surface area contributed by atoms with E-state index in [1.165, 1.54) is 0 Å². The molecule has 130 valence electrons. The lowest BCUT2D eigenvalue weighted by Crippen LogP contribution is -2.16. The molecular weight excluding hydrogens is 350 g/mol. The van der Waals surface area contributed by atoms with Crippen molar-refractivity contribution >= 4 is 34.5 Å². The lowest BCUT2D eigenvalue weighted by molar-refractivity contribution is 0.102. The molecule has 0 atom stereocenters. The van der Waals surface area contributed by atoms with Crippen molar-refractivity contribution in [3.63, 3.8) is 0 Å². The van der Waals surface area contributed by atoms with Crippen molar-refractivity contribution in [2.24, 2.45) is 0 Å². The van der Waals surface area contributed by atoms with Gasteiger partial charge in [0, 0.05) is 17.2 Å². The van der Waals surface area contributed by atoms with Crippen LogP contribution < -0.4 is 5.32 Å². The normalized spacial score (nSPS) is 11.0. The monoisotopic (exact) mass is 365 g/mol. The number of fused-ring (bicyclic) bond motifs is 1. The summed E-state index contributed by atoms with van der Waals surface area (Å²) in [6, 6.07) is 16.7. The van der Waals surface area contributed by atoms with Gasteiger partial charge in [-0.1, -0.05) is 30.3 Å². The Morgan fingerprint density at radius 1 is 1.08 bits per heavy atom. The van der Waals surface area contributed by atoms with Gasteiger partial charge in [0.2, 0.25) is 0 Å². The van der Waals surface area contributed by atoms with Gasteiger partial charge in [-0.3, -0.25) is 4.79 Å². The molecule has 2 aromatic heterocycles. The molecule has 0 spiro atoms. The number of rotatable bonds is 5. The number of carbonyl (C=O) groups is 1. The largest absolute Gasteiger partial charge is 0.394 e. The Bertz CT molecular complexity index is 1060. The van der Waals surface area contributed by atoms with Crippen LogP contribution in [0.25, 0.3) is 22.3 Å². The fourth-order valence-electron chi connectivity index (χ4n) is 2.64. The molecule has 8 heteroatoms. The van der Waals surface area contributed by atoms with Gasteiger partial charge in [-0.25, -0.2) is 4.68 Å². The average Bonchev–Trinajstić information content (AvgIpc) is 3.29. The van der Waals surface area contributed by atoms with E-state index in [2.05, 4.69) is 19.2 Å². The Kier molecular flexibility index (Phi) is 4.42. The summed E-state index contributed by atoms with van der Waals surface area (Å²) in [7, 11) is 0. The van der Waals surface area contributed by atoms with E-state index in [0.29, 0.717) is 16.9 Å². The second kappa shape index (κ2) is 7.03. The van der Waals surface area contributed by atoms with Crippen molar-refractivity contribution in [3.8, 4) is 11.3 Å². The summed E-state index contributed by atoms with van der Waals surface area (Å²) < 4.78 is 9.88. The zero-order valence-corrected chi connectivity index (χ0v) is 14.5. The maximum absolute atomic E-state index is 12.6. The fourth-order valence-corrected chi connectivity index (χ4v) is 3.16. The molecular formula is C18H15N5O2S. The summed E-state index contributed by atoms with van der Waals surface area (Å²) in [5.74, 6) is 0.262. The summed E-state index contributed by atoms with van der Waals surface area (Å²) in [6.07, 6.45) is 0. The number of aliphatic hydroxyl groups excluding tert-OH is 1. The molecule has 0 radical (unpaired) electrons. The van der Waals surface area contributed by atoms with Gasteiger partial charge in [0.1, 0.15) is 16.9 Å². The van der Waals surface area contributed by atoms with E-state index >= 15 is 0 Å². The van der Waals surface area contributed by atoms with Crippen LogP contribution in [0.5, 0.6) is 0 Å². The number of nitrogens with zero attached hydrogens (tertiary/aromatic N) is 4. The van der Waals surface area contributed by atoms with Gasteiger partial charge >= 0.3 is 0 Å². The van der Waals surface area contributed by atoms with Crippen LogP contribution in [0.4, 0.5) is 5.82 Å². The van der Waals surface area contributed by atoms with E-state index in [-0.39, 0.29) is 19.1 Å². The van der Waals surface area contributed by atoms with Crippen LogP contribution in [0.3, 0.4) is 0 Å². The number of aliphatic hydroxyl groups is 1. The highest BCUT2D eigenvalue weighted by Gasteiger charge is 2.14. The molecule has 0 saturated heterocycles. The Morgan fingerprint density at radius 2 is 1.88 bits per heavy atom. The molecule has 0 saturated carbocycles. The molecule has 0 bridgehead atoms. The lowest BCUT2D eigenvalue weighted by Gasteiger charge is -2.07.